The van der Waals surface area contributed by atoms with E-state index < -0.39 is 0 Å². The number of rotatable bonds is 8. The van der Waals surface area contributed by atoms with Gasteiger partial charge >= 0.3 is 0 Å². The van der Waals surface area contributed by atoms with Crippen LogP contribution in [0.2, 0.25) is 0 Å². The van der Waals surface area contributed by atoms with Crippen molar-refractivity contribution < 1.29 is 4.39 Å². The Balaban J connectivity index is 1.56. The van der Waals surface area contributed by atoms with Crippen LogP contribution in [0.5, 0.6) is 0 Å². The number of benzene rings is 2. The van der Waals surface area contributed by atoms with Crippen LogP contribution in [0.1, 0.15) is 22.3 Å². The molecule has 0 aliphatic heterocycles. The van der Waals surface area contributed by atoms with Crippen molar-refractivity contribution in [2.75, 3.05) is 13.3 Å². The summed E-state index contributed by atoms with van der Waals surface area (Å²) in [5.41, 5.74) is 4.45. The summed E-state index contributed by atoms with van der Waals surface area (Å²) in [6, 6.07) is 15.3. The van der Waals surface area contributed by atoms with Crippen LogP contribution in [0, 0.1) is 5.82 Å². The van der Waals surface area contributed by atoms with Crippen LogP contribution in [0.3, 0.4) is 0 Å². The van der Waals surface area contributed by atoms with E-state index in [1.807, 2.05) is 29.3 Å². The third-order valence-electron chi connectivity index (χ3n) is 4.49. The van der Waals surface area contributed by atoms with Gasteiger partial charge in [-0.3, -0.25) is 9.67 Å². The third kappa shape index (κ3) is 6.35. The number of aromatic nitrogens is 2. The molecule has 1 heterocycles. The lowest BCUT2D eigenvalue weighted by Gasteiger charge is -2.14. The molecule has 0 unspecified atom stereocenters. The average Bonchev–Trinajstić information content (AvgIpc) is 3.23. The number of halogens is 1. The molecule has 0 saturated heterocycles. The van der Waals surface area contributed by atoms with Crippen molar-refractivity contribution in [1.82, 2.24) is 20.4 Å². The van der Waals surface area contributed by atoms with E-state index in [9.17, 15) is 4.39 Å². The molecule has 3 aromatic rings. The van der Waals surface area contributed by atoms with Gasteiger partial charge in [0, 0.05) is 38.3 Å². The van der Waals surface area contributed by atoms with E-state index in [1.54, 1.807) is 31.1 Å². The summed E-state index contributed by atoms with van der Waals surface area (Å²) in [6.45, 7) is 2.00. The summed E-state index contributed by atoms with van der Waals surface area (Å²) in [5, 5.41) is 10.9. The second-order valence-corrected chi connectivity index (χ2v) is 7.51. The number of thioether (sulfide) groups is 1. The summed E-state index contributed by atoms with van der Waals surface area (Å²) in [5.74, 6) is 1.29. The Kier molecular flexibility index (Phi) is 7.69. The highest BCUT2D eigenvalue weighted by Crippen LogP contribution is 2.16. The van der Waals surface area contributed by atoms with Gasteiger partial charge in [-0.05, 0) is 46.7 Å². The van der Waals surface area contributed by atoms with Crippen LogP contribution in [0.15, 0.2) is 65.9 Å². The van der Waals surface area contributed by atoms with Gasteiger partial charge in [0.05, 0.1) is 6.54 Å². The average molecular weight is 412 g/mol. The number of aliphatic imine (C=N–C) groups is 1. The van der Waals surface area contributed by atoms with E-state index in [1.165, 1.54) is 17.2 Å². The molecule has 29 heavy (non-hydrogen) atoms. The fourth-order valence-electron chi connectivity index (χ4n) is 3.06. The summed E-state index contributed by atoms with van der Waals surface area (Å²) in [6.07, 6.45) is 5.76. The monoisotopic (exact) mass is 411 g/mol. The lowest BCUT2D eigenvalue weighted by molar-refractivity contribution is 0.625. The van der Waals surface area contributed by atoms with E-state index in [0.29, 0.717) is 19.0 Å². The Bertz CT molecular complexity index is 940. The van der Waals surface area contributed by atoms with Crippen molar-refractivity contribution in [2.24, 2.45) is 4.99 Å². The first-order valence-electron chi connectivity index (χ1n) is 9.44. The minimum absolute atomic E-state index is 0.199. The Labute approximate surface area is 175 Å². The maximum absolute atomic E-state index is 13.5. The largest absolute Gasteiger partial charge is 0.352 e. The highest BCUT2D eigenvalue weighted by Gasteiger charge is 2.06. The number of nitrogens with one attached hydrogen (secondary N) is 2. The normalized spacial score (nSPS) is 11.5. The van der Waals surface area contributed by atoms with Gasteiger partial charge in [-0.1, -0.05) is 30.3 Å². The van der Waals surface area contributed by atoms with Crippen LogP contribution >= 0.6 is 11.8 Å². The van der Waals surface area contributed by atoms with E-state index in [0.717, 1.165) is 23.4 Å². The third-order valence-corrected chi connectivity index (χ3v) is 5.09. The molecule has 0 atom stereocenters. The fraction of sp³-hybridized carbons (Fsp3) is 0.273. The van der Waals surface area contributed by atoms with Gasteiger partial charge in [-0.2, -0.15) is 16.9 Å². The lowest BCUT2D eigenvalue weighted by atomic mass is 10.1. The quantitative estimate of drug-likeness (QED) is 0.437. The Hall–Kier alpha value is -2.80. The maximum Gasteiger partial charge on any atom is 0.191 e. The van der Waals surface area contributed by atoms with E-state index in [4.69, 9.17) is 0 Å². The molecule has 0 saturated carbocycles. The molecule has 3 rings (SSSR count). The summed E-state index contributed by atoms with van der Waals surface area (Å²) < 4.78 is 15.4. The molecule has 2 aromatic carbocycles. The van der Waals surface area contributed by atoms with Gasteiger partial charge in [0.25, 0.3) is 0 Å². The first kappa shape index (κ1) is 20.9. The van der Waals surface area contributed by atoms with Crippen LogP contribution < -0.4 is 10.6 Å². The second-order valence-electron chi connectivity index (χ2n) is 6.65. The Morgan fingerprint density at radius 1 is 1.07 bits per heavy atom. The van der Waals surface area contributed by atoms with Crippen molar-refractivity contribution >= 4 is 17.7 Å². The number of hydrogen-bond donors (Lipinski definition) is 2. The molecule has 2 N–H and O–H groups in total. The molecule has 5 nitrogen and oxygen atoms in total. The molecule has 152 valence electrons. The van der Waals surface area contributed by atoms with E-state index in [-0.39, 0.29) is 5.82 Å². The van der Waals surface area contributed by atoms with Crippen molar-refractivity contribution in [3.63, 3.8) is 0 Å². The van der Waals surface area contributed by atoms with Gasteiger partial charge in [-0.25, -0.2) is 4.39 Å². The Morgan fingerprint density at radius 3 is 2.66 bits per heavy atom. The molecule has 0 radical (unpaired) electrons. The van der Waals surface area contributed by atoms with Gasteiger partial charge in [-0.15, -0.1) is 0 Å². The summed E-state index contributed by atoms with van der Waals surface area (Å²) in [4.78, 5) is 4.30. The molecule has 0 aliphatic carbocycles. The molecular weight excluding hydrogens is 385 g/mol. The van der Waals surface area contributed by atoms with Crippen LogP contribution in [0.4, 0.5) is 4.39 Å². The van der Waals surface area contributed by atoms with E-state index >= 15 is 0 Å². The maximum atomic E-state index is 13.5. The van der Waals surface area contributed by atoms with Gasteiger partial charge in [0.1, 0.15) is 5.82 Å². The zero-order chi connectivity index (χ0) is 20.5. The van der Waals surface area contributed by atoms with E-state index in [2.05, 4.69) is 45.0 Å². The molecule has 0 aliphatic rings. The SMILES string of the molecule is CN=C(NCc1cccc(Cn2cccn2)c1)NCc1ccc(F)cc1CSC. The lowest BCUT2D eigenvalue weighted by Crippen LogP contribution is -2.36. The van der Waals surface area contributed by atoms with Crippen molar-refractivity contribution in [1.29, 1.82) is 0 Å². The van der Waals surface area contributed by atoms with Crippen molar-refractivity contribution in [3.05, 3.63) is 89.0 Å². The predicted molar refractivity (Wildman–Crippen MR) is 118 cm³/mol. The predicted octanol–water partition coefficient (Wildman–Crippen LogP) is 3.80. The minimum atomic E-state index is -0.199. The van der Waals surface area contributed by atoms with Crippen LogP contribution in [0.25, 0.3) is 0 Å². The number of nitrogens with zero attached hydrogens (tertiary/aromatic N) is 3. The van der Waals surface area contributed by atoms with Gasteiger partial charge in [0.2, 0.25) is 0 Å². The standard InChI is InChI=1S/C22H26FN5S/c1-24-22(26-14-19-7-8-21(23)12-20(19)16-29-2)25-13-17-5-3-6-18(11-17)15-28-10-4-9-27-28/h3-12H,13-16H2,1-2H3,(H2,24,25,26). The minimum Gasteiger partial charge on any atom is -0.352 e. The topological polar surface area (TPSA) is 54.2 Å². The van der Waals surface area contributed by atoms with Crippen LogP contribution in [-0.4, -0.2) is 29.0 Å². The zero-order valence-corrected chi connectivity index (χ0v) is 17.5. The highest BCUT2D eigenvalue weighted by atomic mass is 32.2. The number of guanidine groups is 1. The molecule has 0 amide bonds. The van der Waals surface area contributed by atoms with Crippen molar-refractivity contribution in [3.8, 4) is 0 Å². The van der Waals surface area contributed by atoms with Gasteiger partial charge in [0.15, 0.2) is 5.96 Å². The van der Waals surface area contributed by atoms with Crippen LogP contribution in [-0.2, 0) is 25.4 Å². The zero-order valence-electron chi connectivity index (χ0n) is 16.7. The molecular formula is C22H26FN5S. The summed E-state index contributed by atoms with van der Waals surface area (Å²) in [7, 11) is 1.75. The molecule has 0 fully saturated rings. The first-order valence-corrected chi connectivity index (χ1v) is 10.8. The first-order chi connectivity index (χ1) is 14.2. The Morgan fingerprint density at radius 2 is 1.90 bits per heavy atom. The molecule has 0 bridgehead atoms. The smallest absolute Gasteiger partial charge is 0.191 e. The van der Waals surface area contributed by atoms with Crippen molar-refractivity contribution in [2.45, 2.75) is 25.4 Å². The molecule has 7 heteroatoms. The van der Waals surface area contributed by atoms with Gasteiger partial charge < -0.3 is 10.6 Å². The fourth-order valence-corrected chi connectivity index (χ4v) is 3.64. The molecule has 0 spiro atoms. The molecule has 1 aromatic heterocycles. The summed E-state index contributed by atoms with van der Waals surface area (Å²) >= 11 is 1.68. The number of hydrogen-bond acceptors (Lipinski definition) is 3. The highest BCUT2D eigenvalue weighted by molar-refractivity contribution is 7.97. The second kappa shape index (κ2) is 10.7.